The minimum atomic E-state index is 0.665. The van der Waals surface area contributed by atoms with Gasteiger partial charge in [-0.1, -0.05) is 5.92 Å². The minimum absolute atomic E-state index is 0.665. The second-order valence-corrected chi connectivity index (χ2v) is 2.11. The van der Waals surface area contributed by atoms with E-state index < -0.39 is 0 Å². The molecule has 1 heterocycles. The van der Waals surface area contributed by atoms with E-state index in [1.165, 1.54) is 0 Å². The summed E-state index contributed by atoms with van der Waals surface area (Å²) in [5, 5.41) is 8.48. The van der Waals surface area contributed by atoms with Gasteiger partial charge in [-0.15, -0.1) is 5.92 Å². The molecule has 0 bridgehead atoms. The first kappa shape index (κ1) is 7.44. The molecule has 11 heavy (non-hydrogen) atoms. The van der Waals surface area contributed by atoms with Crippen molar-refractivity contribution in [3.05, 3.63) is 24.0 Å². The van der Waals surface area contributed by atoms with Gasteiger partial charge in [0.25, 0.3) is 0 Å². The van der Waals surface area contributed by atoms with E-state index in [1.807, 2.05) is 10.8 Å². The summed E-state index contributed by atoms with van der Waals surface area (Å²) in [6.45, 7) is 2.47. The number of nitrogens with zero attached hydrogens (tertiary/aromatic N) is 2. The summed E-state index contributed by atoms with van der Waals surface area (Å²) >= 11 is 0. The fourth-order valence-electron chi connectivity index (χ4n) is 0.776. The van der Waals surface area contributed by atoms with Crippen LogP contribution in [0.4, 0.5) is 0 Å². The van der Waals surface area contributed by atoms with E-state index in [4.69, 9.17) is 5.26 Å². The van der Waals surface area contributed by atoms with Gasteiger partial charge >= 0.3 is 0 Å². The lowest BCUT2D eigenvalue weighted by molar-refractivity contribution is 0.849. The molecular weight excluding hydrogens is 136 g/mol. The molecule has 0 saturated heterocycles. The quantitative estimate of drug-likeness (QED) is 0.547. The number of rotatable bonds is 1. The summed E-state index contributed by atoms with van der Waals surface area (Å²) in [5.41, 5.74) is 0.683. The first-order chi connectivity index (χ1) is 5.36. The molecule has 0 aliphatic carbocycles. The lowest BCUT2D eigenvalue weighted by Gasteiger charge is -1.90. The maximum Gasteiger partial charge on any atom is 0.101 e. The van der Waals surface area contributed by atoms with Gasteiger partial charge < -0.3 is 4.57 Å². The zero-order valence-corrected chi connectivity index (χ0v) is 6.33. The van der Waals surface area contributed by atoms with Crippen molar-refractivity contribution in [1.82, 2.24) is 4.57 Å². The Hall–Kier alpha value is -1.67. The molecule has 0 aliphatic heterocycles. The summed E-state index contributed by atoms with van der Waals surface area (Å²) in [7, 11) is 0. The van der Waals surface area contributed by atoms with Crippen LogP contribution in [-0.2, 0) is 6.54 Å². The van der Waals surface area contributed by atoms with Crippen molar-refractivity contribution in [1.29, 1.82) is 5.26 Å². The van der Waals surface area contributed by atoms with Gasteiger partial charge in [0.2, 0.25) is 0 Å². The minimum Gasteiger partial charge on any atom is -0.341 e. The van der Waals surface area contributed by atoms with Crippen LogP contribution in [-0.4, -0.2) is 4.57 Å². The molecule has 0 N–H and O–H groups in total. The molecule has 1 rings (SSSR count). The van der Waals surface area contributed by atoms with E-state index in [2.05, 4.69) is 17.9 Å². The van der Waals surface area contributed by atoms with Crippen LogP contribution < -0.4 is 0 Å². The third-order valence-electron chi connectivity index (χ3n) is 1.32. The number of hydrogen-bond donors (Lipinski definition) is 0. The van der Waals surface area contributed by atoms with Gasteiger partial charge in [-0.2, -0.15) is 5.26 Å². The summed E-state index contributed by atoms with van der Waals surface area (Å²) in [6.07, 6.45) is 3.63. The van der Waals surface area contributed by atoms with Crippen LogP contribution in [0.1, 0.15) is 12.5 Å². The first-order valence-electron chi connectivity index (χ1n) is 3.32. The van der Waals surface area contributed by atoms with E-state index in [-0.39, 0.29) is 0 Å². The van der Waals surface area contributed by atoms with Crippen LogP contribution >= 0.6 is 0 Å². The smallest absolute Gasteiger partial charge is 0.101 e. The monoisotopic (exact) mass is 144 g/mol. The van der Waals surface area contributed by atoms with Gasteiger partial charge in [0.1, 0.15) is 6.07 Å². The molecule has 0 spiro atoms. The highest BCUT2D eigenvalue weighted by atomic mass is 14.9. The Morgan fingerprint density at radius 3 is 3.00 bits per heavy atom. The van der Waals surface area contributed by atoms with Crippen molar-refractivity contribution in [2.45, 2.75) is 13.5 Å². The van der Waals surface area contributed by atoms with Crippen LogP contribution in [0.3, 0.4) is 0 Å². The Bertz CT molecular complexity index is 330. The molecule has 0 saturated carbocycles. The Morgan fingerprint density at radius 1 is 1.64 bits per heavy atom. The number of hydrogen-bond acceptors (Lipinski definition) is 1. The third kappa shape index (κ3) is 1.88. The van der Waals surface area contributed by atoms with Crippen molar-refractivity contribution in [3.8, 4) is 17.9 Å². The molecule has 2 nitrogen and oxygen atoms in total. The molecule has 1 aromatic rings. The molecule has 0 radical (unpaired) electrons. The van der Waals surface area contributed by atoms with Gasteiger partial charge in [-0.05, 0) is 13.0 Å². The molecular formula is C9H8N2. The highest BCUT2D eigenvalue weighted by Crippen LogP contribution is 1.97. The van der Waals surface area contributed by atoms with Crippen LogP contribution in [0.2, 0.25) is 0 Å². The lowest BCUT2D eigenvalue weighted by atomic mass is 10.4. The Morgan fingerprint density at radius 2 is 2.45 bits per heavy atom. The van der Waals surface area contributed by atoms with E-state index >= 15 is 0 Å². The van der Waals surface area contributed by atoms with E-state index in [1.54, 1.807) is 19.2 Å². The Balaban J connectivity index is 2.72. The van der Waals surface area contributed by atoms with Crippen molar-refractivity contribution in [3.63, 3.8) is 0 Å². The van der Waals surface area contributed by atoms with Gasteiger partial charge in [0.05, 0.1) is 12.1 Å². The van der Waals surface area contributed by atoms with Gasteiger partial charge in [-0.3, -0.25) is 0 Å². The Labute approximate surface area is 66.1 Å². The highest BCUT2D eigenvalue weighted by Gasteiger charge is 1.91. The zero-order valence-electron chi connectivity index (χ0n) is 6.33. The lowest BCUT2D eigenvalue weighted by Crippen LogP contribution is -1.89. The molecule has 54 valence electrons. The largest absolute Gasteiger partial charge is 0.341 e. The predicted molar refractivity (Wildman–Crippen MR) is 42.6 cm³/mol. The number of aromatic nitrogens is 1. The van der Waals surface area contributed by atoms with Crippen LogP contribution in [0, 0.1) is 23.2 Å². The number of nitriles is 1. The molecule has 0 unspecified atom stereocenters. The van der Waals surface area contributed by atoms with E-state index in [0.717, 1.165) is 0 Å². The average molecular weight is 144 g/mol. The molecule has 1 aromatic heterocycles. The predicted octanol–water partition coefficient (Wildman–Crippen LogP) is 1.38. The molecule has 2 heteroatoms. The van der Waals surface area contributed by atoms with Crippen LogP contribution in [0.15, 0.2) is 18.5 Å². The van der Waals surface area contributed by atoms with Crippen molar-refractivity contribution in [2.75, 3.05) is 0 Å². The normalized spacial score (nSPS) is 8.00. The molecule has 0 atom stereocenters. The maximum atomic E-state index is 8.48. The van der Waals surface area contributed by atoms with Crippen LogP contribution in [0.25, 0.3) is 0 Å². The Kier molecular flexibility index (Phi) is 2.36. The van der Waals surface area contributed by atoms with Gasteiger partial charge in [-0.25, -0.2) is 0 Å². The third-order valence-corrected chi connectivity index (χ3v) is 1.32. The van der Waals surface area contributed by atoms with Gasteiger partial charge in [0.15, 0.2) is 0 Å². The first-order valence-corrected chi connectivity index (χ1v) is 3.32. The summed E-state index contributed by atoms with van der Waals surface area (Å²) in [6, 6.07) is 3.83. The molecule has 0 aromatic carbocycles. The van der Waals surface area contributed by atoms with E-state index in [9.17, 15) is 0 Å². The second-order valence-electron chi connectivity index (χ2n) is 2.11. The summed E-state index contributed by atoms with van der Waals surface area (Å²) < 4.78 is 1.88. The second kappa shape index (κ2) is 3.49. The topological polar surface area (TPSA) is 28.7 Å². The average Bonchev–Trinajstić information content (AvgIpc) is 2.48. The van der Waals surface area contributed by atoms with Crippen molar-refractivity contribution >= 4 is 0 Å². The molecule has 0 aliphatic rings. The highest BCUT2D eigenvalue weighted by molar-refractivity contribution is 5.25. The van der Waals surface area contributed by atoms with Crippen LogP contribution in [0.5, 0.6) is 0 Å². The fraction of sp³-hybridized carbons (Fsp3) is 0.222. The van der Waals surface area contributed by atoms with Crippen molar-refractivity contribution in [2.24, 2.45) is 0 Å². The van der Waals surface area contributed by atoms with E-state index in [0.29, 0.717) is 12.1 Å². The van der Waals surface area contributed by atoms with Gasteiger partial charge in [0, 0.05) is 12.4 Å². The maximum absolute atomic E-state index is 8.48. The SMILES string of the molecule is CC#CCn1ccc(C#N)c1. The zero-order chi connectivity index (χ0) is 8.10. The van der Waals surface area contributed by atoms with Crippen molar-refractivity contribution < 1.29 is 0 Å². The fourth-order valence-corrected chi connectivity index (χ4v) is 0.776. The molecule has 0 amide bonds. The summed E-state index contributed by atoms with van der Waals surface area (Å²) in [5.74, 6) is 5.70. The summed E-state index contributed by atoms with van der Waals surface area (Å²) in [4.78, 5) is 0. The molecule has 0 fully saturated rings. The standard InChI is InChI=1S/C9H8N2/c1-2-3-5-11-6-4-9(7-10)8-11/h4,6,8H,5H2,1H3.